The molecule has 1 N–H and O–H groups in total. The predicted molar refractivity (Wildman–Crippen MR) is 137 cm³/mol. The van der Waals surface area contributed by atoms with Crippen LogP contribution in [0, 0.1) is 11.7 Å². The predicted octanol–water partition coefficient (Wildman–Crippen LogP) is 6.73. The van der Waals surface area contributed by atoms with Crippen molar-refractivity contribution in [2.24, 2.45) is 5.92 Å². The van der Waals surface area contributed by atoms with Crippen LogP contribution in [0.3, 0.4) is 0 Å². The molecule has 6 rings (SSSR count). The van der Waals surface area contributed by atoms with Crippen molar-refractivity contribution < 1.29 is 13.9 Å². The number of likely N-dealkylation sites (tertiary alicyclic amines) is 1. The molecule has 9 heteroatoms. The van der Waals surface area contributed by atoms with E-state index < -0.39 is 5.82 Å². The van der Waals surface area contributed by atoms with Gasteiger partial charge in [-0.25, -0.2) is 19.2 Å². The van der Waals surface area contributed by atoms with Crippen LogP contribution in [-0.4, -0.2) is 34.1 Å². The maximum Gasteiger partial charge on any atom is 0.410 e. The fourth-order valence-corrected chi connectivity index (χ4v) is 5.41. The molecule has 1 aromatic heterocycles. The zero-order valence-electron chi connectivity index (χ0n) is 19.0. The Labute approximate surface area is 217 Å². The van der Waals surface area contributed by atoms with Gasteiger partial charge in [0.25, 0.3) is 0 Å². The number of rotatable bonds is 5. The lowest BCUT2D eigenvalue weighted by Gasteiger charge is -2.21. The average molecular weight is 523 g/mol. The third-order valence-corrected chi connectivity index (χ3v) is 7.89. The number of halogens is 3. The number of hydrogen-bond donors (Lipinski definition) is 1. The summed E-state index contributed by atoms with van der Waals surface area (Å²) in [7, 11) is 0. The summed E-state index contributed by atoms with van der Waals surface area (Å²) < 4.78 is 20.2. The minimum absolute atomic E-state index is 0.123. The number of aromatic nitrogens is 2. The molecule has 1 amide bonds. The van der Waals surface area contributed by atoms with Crippen LogP contribution < -0.4 is 5.32 Å². The standard InChI is InChI=1S/C27H21Cl2FN4O2/c28-20-7-9-22(24(30)23(20)29)33-25-19-10-17(6-8-21(19)31-15-32-25)27-11-18(27)12-34(14-27)26(35)36-13-16-4-2-1-3-5-16/h1-10,15,18H,11-14H2,(H,31,32,33)/t18-,27+/m1/s1. The molecule has 4 aromatic rings. The highest BCUT2D eigenvalue weighted by Crippen LogP contribution is 2.59. The highest BCUT2D eigenvalue weighted by Gasteiger charge is 2.62. The van der Waals surface area contributed by atoms with Crippen LogP contribution >= 0.6 is 23.2 Å². The van der Waals surface area contributed by atoms with Crippen molar-refractivity contribution in [2.45, 2.75) is 18.4 Å². The Hall–Kier alpha value is -3.42. The first-order valence-electron chi connectivity index (χ1n) is 11.6. The van der Waals surface area contributed by atoms with Gasteiger partial charge in [-0.05, 0) is 47.7 Å². The van der Waals surface area contributed by atoms with E-state index >= 15 is 0 Å². The van der Waals surface area contributed by atoms with Gasteiger partial charge in [-0.2, -0.15) is 0 Å². The molecule has 2 atom stereocenters. The number of nitrogens with zero attached hydrogens (tertiary/aromatic N) is 3. The van der Waals surface area contributed by atoms with Crippen LogP contribution in [0.1, 0.15) is 17.5 Å². The molecular weight excluding hydrogens is 502 g/mol. The number of nitrogens with one attached hydrogen (secondary N) is 1. The van der Waals surface area contributed by atoms with Gasteiger partial charge in [-0.15, -0.1) is 0 Å². The Morgan fingerprint density at radius 1 is 1.14 bits per heavy atom. The number of piperidine rings is 1. The van der Waals surface area contributed by atoms with Crippen LogP contribution in [0.5, 0.6) is 0 Å². The van der Waals surface area contributed by atoms with Gasteiger partial charge in [0.1, 0.15) is 18.8 Å². The van der Waals surface area contributed by atoms with Crippen molar-refractivity contribution in [2.75, 3.05) is 18.4 Å². The molecule has 0 spiro atoms. The Balaban J connectivity index is 1.23. The number of fused-ring (bicyclic) bond motifs is 2. The SMILES string of the molecule is O=C(OCc1ccccc1)N1C[C@H]2C[C@@]2(c2ccc3ncnc(Nc4ccc(Cl)c(Cl)c4F)c3c2)C1. The van der Waals surface area contributed by atoms with Crippen molar-refractivity contribution >= 4 is 51.7 Å². The van der Waals surface area contributed by atoms with Crippen molar-refractivity contribution in [1.29, 1.82) is 0 Å². The molecule has 36 heavy (non-hydrogen) atoms. The second-order valence-electron chi connectivity index (χ2n) is 9.28. The van der Waals surface area contributed by atoms with Crippen LogP contribution in [0.2, 0.25) is 10.0 Å². The van der Waals surface area contributed by atoms with Crippen LogP contribution in [0.15, 0.2) is 67.0 Å². The summed E-state index contributed by atoms with van der Waals surface area (Å²) in [4.78, 5) is 23.2. The van der Waals surface area contributed by atoms with Gasteiger partial charge in [0.2, 0.25) is 0 Å². The van der Waals surface area contributed by atoms with E-state index in [1.54, 1.807) is 4.90 Å². The first kappa shape index (κ1) is 23.0. The van der Waals surface area contributed by atoms with Crippen molar-refractivity contribution in [3.05, 3.63) is 94.0 Å². The van der Waals surface area contributed by atoms with Crippen LogP contribution in [0.4, 0.5) is 20.7 Å². The zero-order chi connectivity index (χ0) is 24.9. The van der Waals surface area contributed by atoms with E-state index in [0.29, 0.717) is 24.8 Å². The van der Waals surface area contributed by atoms with Crippen molar-refractivity contribution in [1.82, 2.24) is 14.9 Å². The summed E-state index contributed by atoms with van der Waals surface area (Å²) >= 11 is 11.9. The molecule has 2 aliphatic rings. The number of carbonyl (C=O) groups excluding carboxylic acids is 1. The van der Waals surface area contributed by atoms with Gasteiger partial charge in [0.05, 0.1) is 21.2 Å². The smallest absolute Gasteiger partial charge is 0.410 e. The van der Waals surface area contributed by atoms with Gasteiger partial charge >= 0.3 is 6.09 Å². The highest BCUT2D eigenvalue weighted by molar-refractivity contribution is 6.42. The summed E-state index contributed by atoms with van der Waals surface area (Å²) in [6.45, 7) is 1.51. The van der Waals surface area contributed by atoms with Gasteiger partial charge in [-0.3, -0.25) is 0 Å². The topological polar surface area (TPSA) is 67.3 Å². The van der Waals surface area contributed by atoms with Gasteiger partial charge in [-0.1, -0.05) is 59.6 Å². The highest BCUT2D eigenvalue weighted by atomic mass is 35.5. The lowest BCUT2D eigenvalue weighted by atomic mass is 9.93. The molecule has 0 unspecified atom stereocenters. The third-order valence-electron chi connectivity index (χ3n) is 7.11. The van der Waals surface area contributed by atoms with E-state index in [1.165, 1.54) is 18.5 Å². The van der Waals surface area contributed by atoms with Crippen molar-refractivity contribution in [3.63, 3.8) is 0 Å². The summed E-state index contributed by atoms with van der Waals surface area (Å²) in [6, 6.07) is 18.7. The van der Waals surface area contributed by atoms with Gasteiger partial charge < -0.3 is 15.0 Å². The molecule has 1 aliphatic heterocycles. The monoisotopic (exact) mass is 522 g/mol. The van der Waals surface area contributed by atoms with Gasteiger partial charge in [0.15, 0.2) is 5.82 Å². The number of benzene rings is 3. The number of ether oxygens (including phenoxy) is 1. The summed E-state index contributed by atoms with van der Waals surface area (Å²) in [5.41, 5.74) is 2.83. The second-order valence-corrected chi connectivity index (χ2v) is 10.1. The first-order chi connectivity index (χ1) is 17.4. The molecule has 6 nitrogen and oxygen atoms in total. The molecule has 2 fully saturated rings. The molecule has 2 heterocycles. The first-order valence-corrected chi connectivity index (χ1v) is 12.3. The average Bonchev–Trinajstić information content (AvgIpc) is 3.48. The largest absolute Gasteiger partial charge is 0.445 e. The fraction of sp³-hybridized carbons (Fsp3) is 0.222. The quantitative estimate of drug-likeness (QED) is 0.294. The third kappa shape index (κ3) is 4.02. The summed E-state index contributed by atoms with van der Waals surface area (Å²) in [5.74, 6) is 0.186. The molecule has 0 radical (unpaired) electrons. The van der Waals surface area contributed by atoms with Crippen molar-refractivity contribution in [3.8, 4) is 0 Å². The second kappa shape index (κ2) is 8.91. The summed E-state index contributed by atoms with van der Waals surface area (Å²) in [5, 5.41) is 3.78. The Morgan fingerprint density at radius 3 is 2.81 bits per heavy atom. The van der Waals surface area contributed by atoms with E-state index in [0.717, 1.165) is 28.5 Å². The van der Waals surface area contributed by atoms with Crippen LogP contribution in [0.25, 0.3) is 10.9 Å². The van der Waals surface area contributed by atoms with E-state index in [4.69, 9.17) is 27.9 Å². The minimum Gasteiger partial charge on any atom is -0.445 e. The van der Waals surface area contributed by atoms with E-state index in [1.807, 2.05) is 42.5 Å². The maximum atomic E-state index is 14.7. The molecule has 1 saturated carbocycles. The zero-order valence-corrected chi connectivity index (χ0v) is 20.6. The molecular formula is C27H21Cl2FN4O2. The molecule has 3 aromatic carbocycles. The molecule has 182 valence electrons. The minimum atomic E-state index is -0.645. The van der Waals surface area contributed by atoms with E-state index in [9.17, 15) is 9.18 Å². The lowest BCUT2D eigenvalue weighted by Crippen LogP contribution is -2.33. The molecule has 1 saturated heterocycles. The normalized spacial score (nSPS) is 20.3. The Kier molecular flexibility index (Phi) is 5.69. The molecule has 0 bridgehead atoms. The summed E-state index contributed by atoms with van der Waals surface area (Å²) in [6.07, 6.45) is 2.13. The Bertz CT molecular complexity index is 1490. The number of anilines is 2. The number of amides is 1. The number of hydrogen-bond acceptors (Lipinski definition) is 5. The van der Waals surface area contributed by atoms with E-state index in [2.05, 4.69) is 21.4 Å². The fourth-order valence-electron chi connectivity index (χ4n) is 5.10. The van der Waals surface area contributed by atoms with E-state index in [-0.39, 0.29) is 33.8 Å². The lowest BCUT2D eigenvalue weighted by molar-refractivity contribution is 0.0997. The maximum absolute atomic E-state index is 14.7. The Morgan fingerprint density at radius 2 is 1.97 bits per heavy atom. The molecule has 1 aliphatic carbocycles. The number of carbonyl (C=O) groups is 1. The van der Waals surface area contributed by atoms with Crippen LogP contribution in [-0.2, 0) is 16.8 Å². The van der Waals surface area contributed by atoms with Gasteiger partial charge in [0, 0.05) is 23.9 Å².